The second-order valence-corrected chi connectivity index (χ2v) is 10.8. The summed E-state index contributed by atoms with van der Waals surface area (Å²) in [5.41, 5.74) is 4.51. The van der Waals surface area contributed by atoms with E-state index in [9.17, 15) is 14.7 Å². The van der Waals surface area contributed by atoms with Crippen LogP contribution in [0.3, 0.4) is 0 Å². The van der Waals surface area contributed by atoms with Gasteiger partial charge >= 0.3 is 0 Å². The van der Waals surface area contributed by atoms with Crippen molar-refractivity contribution in [3.8, 4) is 17.6 Å². The predicted octanol–water partition coefficient (Wildman–Crippen LogP) is 4.32. The fourth-order valence-corrected chi connectivity index (χ4v) is 5.70. The maximum absolute atomic E-state index is 13.1. The number of aromatic hydroxyl groups is 1. The van der Waals surface area contributed by atoms with E-state index in [-0.39, 0.29) is 29.5 Å². The first-order valence-corrected chi connectivity index (χ1v) is 13.9. The number of carbonyl (C=O) groups is 2. The Hall–Kier alpha value is -3.30. The van der Waals surface area contributed by atoms with Crippen molar-refractivity contribution in [3.63, 3.8) is 0 Å². The second-order valence-electron chi connectivity index (χ2n) is 10.8. The van der Waals surface area contributed by atoms with Gasteiger partial charge in [-0.3, -0.25) is 9.59 Å². The Morgan fingerprint density at radius 1 is 0.974 bits per heavy atom. The second kappa shape index (κ2) is 13.0. The predicted molar refractivity (Wildman–Crippen MR) is 151 cm³/mol. The first kappa shape index (κ1) is 27.7. The summed E-state index contributed by atoms with van der Waals surface area (Å²) < 4.78 is 0. The normalized spacial score (nSPS) is 17.9. The van der Waals surface area contributed by atoms with Crippen LogP contribution in [0.4, 0.5) is 0 Å². The molecular weight excluding hydrogens is 474 g/mol. The standard InChI is InChI=1S/C32H41N3O3/c1-4-5-27(26-8-10-30(36)11-9-26)22-32(38)35-18-14-29(15-19-35)34-16-12-28(13-17-34)33-31(37)21-25-7-6-23(2)24(3)20-25/h6-11,20,27-29,36H,12-19,21-22H2,1-3H3,(H,33,37)/t27-/m0/s1. The third-order valence-electron chi connectivity index (χ3n) is 8.16. The van der Waals surface area contributed by atoms with E-state index in [1.165, 1.54) is 11.1 Å². The largest absolute Gasteiger partial charge is 0.508 e. The van der Waals surface area contributed by atoms with Gasteiger partial charge < -0.3 is 20.2 Å². The molecule has 6 heteroatoms. The molecule has 6 nitrogen and oxygen atoms in total. The number of nitrogens with zero attached hydrogens (tertiary/aromatic N) is 2. The van der Waals surface area contributed by atoms with Crippen molar-refractivity contribution >= 4 is 11.8 Å². The summed E-state index contributed by atoms with van der Waals surface area (Å²) in [4.78, 5) is 30.2. The summed E-state index contributed by atoms with van der Waals surface area (Å²) in [6.45, 7) is 9.50. The minimum atomic E-state index is -0.157. The van der Waals surface area contributed by atoms with Crippen LogP contribution >= 0.6 is 0 Å². The molecule has 0 aromatic heterocycles. The molecule has 38 heavy (non-hydrogen) atoms. The van der Waals surface area contributed by atoms with E-state index < -0.39 is 0 Å². The molecule has 0 radical (unpaired) electrons. The van der Waals surface area contributed by atoms with Crippen LogP contribution in [-0.4, -0.2) is 65.0 Å². The molecule has 0 bridgehead atoms. The van der Waals surface area contributed by atoms with Crippen molar-refractivity contribution in [1.82, 2.24) is 15.1 Å². The number of piperidine rings is 2. The SMILES string of the molecule is CC#C[C@@H](CC(=O)N1CCC(N2CCC(NC(=O)Cc3ccc(C)c(C)c3)CC2)CC1)c1ccc(O)cc1. The number of benzene rings is 2. The maximum atomic E-state index is 13.1. The van der Waals surface area contributed by atoms with Gasteiger partial charge in [-0.05, 0) is 80.8 Å². The number of nitrogens with one attached hydrogen (secondary N) is 1. The zero-order valence-corrected chi connectivity index (χ0v) is 23.0. The highest BCUT2D eigenvalue weighted by atomic mass is 16.3. The Bertz CT molecular complexity index is 1160. The van der Waals surface area contributed by atoms with E-state index >= 15 is 0 Å². The minimum absolute atomic E-state index is 0.108. The van der Waals surface area contributed by atoms with Crippen LogP contribution in [0.2, 0.25) is 0 Å². The lowest BCUT2D eigenvalue weighted by atomic mass is 9.94. The van der Waals surface area contributed by atoms with Gasteiger partial charge in [0, 0.05) is 44.7 Å². The minimum Gasteiger partial charge on any atom is -0.508 e. The van der Waals surface area contributed by atoms with E-state index in [2.05, 4.69) is 48.0 Å². The van der Waals surface area contributed by atoms with Gasteiger partial charge in [0.25, 0.3) is 0 Å². The van der Waals surface area contributed by atoms with Gasteiger partial charge in [-0.1, -0.05) is 36.3 Å². The summed E-state index contributed by atoms with van der Waals surface area (Å²) in [7, 11) is 0. The number of carbonyl (C=O) groups excluding carboxylic acids is 2. The molecule has 2 aromatic carbocycles. The van der Waals surface area contributed by atoms with E-state index in [1.54, 1.807) is 19.1 Å². The molecule has 2 heterocycles. The smallest absolute Gasteiger partial charge is 0.224 e. The fourth-order valence-electron chi connectivity index (χ4n) is 5.70. The average molecular weight is 516 g/mol. The lowest BCUT2D eigenvalue weighted by Crippen LogP contribution is -2.52. The van der Waals surface area contributed by atoms with E-state index in [1.807, 2.05) is 23.1 Å². The Balaban J connectivity index is 1.19. The lowest BCUT2D eigenvalue weighted by Gasteiger charge is -2.42. The number of aryl methyl sites for hydroxylation is 2. The molecule has 2 N–H and O–H groups in total. The highest BCUT2D eigenvalue weighted by Gasteiger charge is 2.30. The van der Waals surface area contributed by atoms with Crippen LogP contribution in [0.15, 0.2) is 42.5 Å². The maximum Gasteiger partial charge on any atom is 0.224 e. The Morgan fingerprint density at radius 3 is 2.29 bits per heavy atom. The highest BCUT2D eigenvalue weighted by molar-refractivity contribution is 5.79. The number of likely N-dealkylation sites (tertiary alicyclic amines) is 2. The molecule has 4 rings (SSSR count). The number of phenols is 1. The number of rotatable bonds is 7. The van der Waals surface area contributed by atoms with E-state index in [0.717, 1.165) is 63.0 Å². The zero-order valence-electron chi connectivity index (χ0n) is 23.0. The fraction of sp³-hybridized carbons (Fsp3) is 0.500. The summed E-state index contributed by atoms with van der Waals surface area (Å²) in [5.74, 6) is 6.44. The number of amides is 2. The van der Waals surface area contributed by atoms with Crippen LogP contribution in [0, 0.1) is 25.7 Å². The van der Waals surface area contributed by atoms with Crippen LogP contribution in [0.1, 0.15) is 67.2 Å². The van der Waals surface area contributed by atoms with Crippen molar-refractivity contribution < 1.29 is 14.7 Å². The van der Waals surface area contributed by atoms with Crippen LogP contribution in [0.5, 0.6) is 5.75 Å². The third-order valence-corrected chi connectivity index (χ3v) is 8.16. The zero-order chi connectivity index (χ0) is 27.1. The van der Waals surface area contributed by atoms with Gasteiger partial charge in [0.15, 0.2) is 0 Å². The highest BCUT2D eigenvalue weighted by Crippen LogP contribution is 2.25. The van der Waals surface area contributed by atoms with E-state index in [0.29, 0.717) is 18.9 Å². The summed E-state index contributed by atoms with van der Waals surface area (Å²) in [6, 6.07) is 14.0. The topological polar surface area (TPSA) is 72.9 Å². The van der Waals surface area contributed by atoms with Crippen LogP contribution in [0.25, 0.3) is 0 Å². The molecule has 2 fully saturated rings. The average Bonchev–Trinajstić information content (AvgIpc) is 2.91. The molecule has 0 saturated carbocycles. The summed E-state index contributed by atoms with van der Waals surface area (Å²) >= 11 is 0. The number of phenolic OH excluding ortho intramolecular Hbond substituents is 1. The number of hydrogen-bond donors (Lipinski definition) is 2. The first-order valence-electron chi connectivity index (χ1n) is 13.9. The molecule has 2 aliphatic rings. The Kier molecular flexibility index (Phi) is 9.47. The molecule has 0 aliphatic carbocycles. The van der Waals surface area contributed by atoms with Gasteiger partial charge in [-0.15, -0.1) is 5.92 Å². The van der Waals surface area contributed by atoms with E-state index in [4.69, 9.17) is 0 Å². The van der Waals surface area contributed by atoms with Gasteiger partial charge in [0.1, 0.15) is 5.75 Å². The number of hydrogen-bond acceptors (Lipinski definition) is 4. The van der Waals surface area contributed by atoms with Crippen molar-refractivity contribution in [1.29, 1.82) is 0 Å². The monoisotopic (exact) mass is 515 g/mol. The van der Waals surface area contributed by atoms with Gasteiger partial charge in [0.2, 0.25) is 11.8 Å². The molecule has 2 aliphatic heterocycles. The van der Waals surface area contributed by atoms with Crippen molar-refractivity contribution in [2.24, 2.45) is 0 Å². The van der Waals surface area contributed by atoms with Crippen LogP contribution < -0.4 is 5.32 Å². The molecule has 2 aromatic rings. The third kappa shape index (κ3) is 7.39. The van der Waals surface area contributed by atoms with Gasteiger partial charge in [-0.2, -0.15) is 0 Å². The molecule has 0 spiro atoms. The van der Waals surface area contributed by atoms with Crippen molar-refractivity contribution in [3.05, 3.63) is 64.7 Å². The van der Waals surface area contributed by atoms with Crippen molar-refractivity contribution in [2.45, 2.75) is 77.3 Å². The molecule has 1 atom stereocenters. The summed E-state index contributed by atoms with van der Waals surface area (Å²) in [6.07, 6.45) is 4.72. The van der Waals surface area contributed by atoms with Crippen molar-refractivity contribution in [2.75, 3.05) is 26.2 Å². The first-order chi connectivity index (χ1) is 18.3. The summed E-state index contributed by atoms with van der Waals surface area (Å²) in [5, 5.41) is 12.8. The Labute approximate surface area is 227 Å². The molecule has 0 unspecified atom stereocenters. The Morgan fingerprint density at radius 2 is 1.66 bits per heavy atom. The molecule has 2 saturated heterocycles. The molecular formula is C32H41N3O3. The van der Waals surface area contributed by atoms with Crippen LogP contribution in [-0.2, 0) is 16.0 Å². The quantitative estimate of drug-likeness (QED) is 0.539. The lowest BCUT2D eigenvalue weighted by molar-refractivity contribution is -0.133. The van der Waals surface area contributed by atoms with Gasteiger partial charge in [-0.25, -0.2) is 0 Å². The van der Waals surface area contributed by atoms with Gasteiger partial charge in [0.05, 0.1) is 12.3 Å². The molecule has 202 valence electrons. The molecule has 2 amide bonds.